The van der Waals surface area contributed by atoms with Crippen LogP contribution in [0.1, 0.15) is 18.4 Å². The molecule has 0 aliphatic heterocycles. The maximum absolute atomic E-state index is 11.1. The van der Waals surface area contributed by atoms with Crippen LogP contribution in [0, 0.1) is 10.1 Å². The second kappa shape index (κ2) is 7.21. The fourth-order valence-corrected chi connectivity index (χ4v) is 1.70. The van der Waals surface area contributed by atoms with Gasteiger partial charge in [-0.1, -0.05) is 12.1 Å². The van der Waals surface area contributed by atoms with E-state index < -0.39 is 4.92 Å². The first-order chi connectivity index (χ1) is 8.13. The molecular formula is C11H12INO4. The zero-order valence-electron chi connectivity index (χ0n) is 9.10. The minimum Gasteiger partial charge on any atom is -0.455 e. The summed E-state index contributed by atoms with van der Waals surface area (Å²) in [6.45, 7) is 0. The summed E-state index contributed by atoms with van der Waals surface area (Å²) >= 11 is 1.97. The number of benzene rings is 1. The zero-order chi connectivity index (χ0) is 12.7. The molecular weight excluding hydrogens is 337 g/mol. The molecule has 0 bridgehead atoms. The van der Waals surface area contributed by atoms with Gasteiger partial charge in [0.1, 0.15) is 4.61 Å². The maximum atomic E-state index is 11.1. The number of alkyl halides is 1. The summed E-state index contributed by atoms with van der Waals surface area (Å²) in [5.74, 6) is -0.207. The third-order valence-corrected chi connectivity index (χ3v) is 2.52. The molecule has 5 nitrogen and oxygen atoms in total. The number of rotatable bonds is 6. The molecule has 92 valence electrons. The van der Waals surface area contributed by atoms with Crippen LogP contribution in [-0.4, -0.2) is 15.5 Å². The Hall–Kier alpha value is -1.18. The van der Waals surface area contributed by atoms with Crippen LogP contribution in [0.5, 0.6) is 0 Å². The average Bonchev–Trinajstić information content (AvgIpc) is 2.30. The Morgan fingerprint density at radius 3 is 2.53 bits per heavy atom. The van der Waals surface area contributed by atoms with E-state index in [2.05, 4.69) is 0 Å². The van der Waals surface area contributed by atoms with Crippen molar-refractivity contribution in [2.45, 2.75) is 19.3 Å². The van der Waals surface area contributed by atoms with Crippen molar-refractivity contribution in [3.8, 4) is 0 Å². The van der Waals surface area contributed by atoms with Gasteiger partial charge in [0.05, 0.1) is 4.92 Å². The summed E-state index contributed by atoms with van der Waals surface area (Å²) < 4.78 is 5.16. The molecule has 1 aromatic rings. The standard InChI is InChI=1S/C11H12INO4/c12-8-17-11(14)3-1-2-9-4-6-10(7-5-9)13(15)16/h4-7H,1-3,8H2. The molecule has 1 rings (SSSR count). The van der Waals surface area contributed by atoms with Gasteiger partial charge in [-0.25, -0.2) is 0 Å². The Kier molecular flexibility index (Phi) is 5.88. The number of esters is 1. The van der Waals surface area contributed by atoms with Crippen LogP contribution < -0.4 is 0 Å². The lowest BCUT2D eigenvalue weighted by molar-refractivity contribution is -0.384. The quantitative estimate of drug-likeness (QED) is 0.260. The van der Waals surface area contributed by atoms with Gasteiger partial charge in [-0.05, 0) is 41.0 Å². The van der Waals surface area contributed by atoms with Gasteiger partial charge in [-0.3, -0.25) is 14.9 Å². The van der Waals surface area contributed by atoms with Crippen LogP contribution in [-0.2, 0) is 16.0 Å². The van der Waals surface area contributed by atoms with Crippen LogP contribution in [0.4, 0.5) is 5.69 Å². The highest BCUT2D eigenvalue weighted by Gasteiger charge is 2.05. The van der Waals surface area contributed by atoms with E-state index in [4.69, 9.17) is 4.74 Å². The lowest BCUT2D eigenvalue weighted by Gasteiger charge is -2.01. The molecule has 0 N–H and O–H groups in total. The highest BCUT2D eigenvalue weighted by molar-refractivity contribution is 14.1. The molecule has 0 radical (unpaired) electrons. The van der Waals surface area contributed by atoms with Crippen LogP contribution >= 0.6 is 22.6 Å². The number of nitro groups is 1. The van der Waals surface area contributed by atoms with E-state index >= 15 is 0 Å². The molecule has 1 aromatic carbocycles. The van der Waals surface area contributed by atoms with Gasteiger partial charge < -0.3 is 4.74 Å². The predicted molar refractivity (Wildman–Crippen MR) is 71.0 cm³/mol. The first-order valence-electron chi connectivity index (χ1n) is 5.08. The van der Waals surface area contributed by atoms with Gasteiger partial charge in [0, 0.05) is 18.6 Å². The van der Waals surface area contributed by atoms with E-state index in [9.17, 15) is 14.9 Å². The molecule has 0 saturated carbocycles. The molecule has 0 saturated heterocycles. The van der Waals surface area contributed by atoms with Crippen molar-refractivity contribution in [1.82, 2.24) is 0 Å². The molecule has 0 amide bonds. The number of hydrogen-bond donors (Lipinski definition) is 0. The number of carbonyl (C=O) groups excluding carboxylic acids is 1. The minimum atomic E-state index is -0.429. The Morgan fingerprint density at radius 1 is 1.35 bits per heavy atom. The highest BCUT2D eigenvalue weighted by atomic mass is 127. The number of hydrogen-bond acceptors (Lipinski definition) is 4. The summed E-state index contributed by atoms with van der Waals surface area (Å²) in [7, 11) is 0. The minimum absolute atomic E-state index is 0.0815. The first kappa shape index (κ1) is 13.9. The fraction of sp³-hybridized carbons (Fsp3) is 0.364. The lowest BCUT2D eigenvalue weighted by Crippen LogP contribution is -2.02. The van der Waals surface area contributed by atoms with Crippen LogP contribution in [0.15, 0.2) is 24.3 Å². The van der Waals surface area contributed by atoms with Gasteiger partial charge >= 0.3 is 5.97 Å². The number of carbonyl (C=O) groups is 1. The molecule has 0 aliphatic rings. The van der Waals surface area contributed by atoms with E-state index in [-0.39, 0.29) is 11.7 Å². The summed E-state index contributed by atoms with van der Waals surface area (Å²) in [6.07, 6.45) is 1.78. The Morgan fingerprint density at radius 2 is 2.00 bits per heavy atom. The van der Waals surface area contributed by atoms with Crippen LogP contribution in [0.25, 0.3) is 0 Å². The summed E-state index contributed by atoms with van der Waals surface area (Å²) in [4.78, 5) is 21.1. The average molecular weight is 349 g/mol. The lowest BCUT2D eigenvalue weighted by atomic mass is 10.1. The smallest absolute Gasteiger partial charge is 0.306 e. The zero-order valence-corrected chi connectivity index (χ0v) is 11.3. The van der Waals surface area contributed by atoms with Crippen molar-refractivity contribution >= 4 is 34.2 Å². The Bertz CT molecular complexity index is 391. The monoisotopic (exact) mass is 349 g/mol. The topological polar surface area (TPSA) is 69.4 Å². The molecule has 0 heterocycles. The van der Waals surface area contributed by atoms with E-state index in [1.807, 2.05) is 22.6 Å². The molecule has 0 atom stereocenters. The summed E-state index contributed by atoms with van der Waals surface area (Å²) in [5.41, 5.74) is 1.07. The number of ether oxygens (including phenoxy) is 1. The fourth-order valence-electron chi connectivity index (χ4n) is 1.35. The molecule has 0 aromatic heterocycles. The molecule has 0 spiro atoms. The first-order valence-corrected chi connectivity index (χ1v) is 6.61. The second-order valence-electron chi connectivity index (χ2n) is 3.40. The van der Waals surface area contributed by atoms with Gasteiger partial charge in [0.25, 0.3) is 5.69 Å². The normalized spacial score (nSPS) is 9.94. The maximum Gasteiger partial charge on any atom is 0.306 e. The van der Waals surface area contributed by atoms with Crippen molar-refractivity contribution in [2.24, 2.45) is 0 Å². The van der Waals surface area contributed by atoms with Crippen LogP contribution in [0.3, 0.4) is 0 Å². The highest BCUT2D eigenvalue weighted by Crippen LogP contribution is 2.13. The van der Waals surface area contributed by atoms with Gasteiger partial charge in [0.2, 0.25) is 0 Å². The SMILES string of the molecule is O=C(CCCc1ccc([N+](=O)[O-])cc1)OCI. The number of nitro benzene ring substituents is 1. The molecule has 0 unspecified atom stereocenters. The van der Waals surface area contributed by atoms with E-state index in [1.54, 1.807) is 12.1 Å². The summed E-state index contributed by atoms with van der Waals surface area (Å²) in [5, 5.41) is 10.4. The number of nitrogens with zero attached hydrogens (tertiary/aromatic N) is 1. The van der Waals surface area contributed by atoms with Crippen molar-refractivity contribution in [3.63, 3.8) is 0 Å². The third kappa shape index (κ3) is 5.12. The van der Waals surface area contributed by atoms with Gasteiger partial charge in [0.15, 0.2) is 0 Å². The Labute approximate surface area is 112 Å². The molecule has 0 fully saturated rings. The van der Waals surface area contributed by atoms with Crippen molar-refractivity contribution in [2.75, 3.05) is 4.61 Å². The van der Waals surface area contributed by atoms with Crippen molar-refractivity contribution < 1.29 is 14.5 Å². The van der Waals surface area contributed by atoms with Gasteiger partial charge in [-0.2, -0.15) is 0 Å². The van der Waals surface area contributed by atoms with E-state index in [0.717, 1.165) is 5.56 Å². The predicted octanol–water partition coefficient (Wildman–Crippen LogP) is 2.85. The van der Waals surface area contributed by atoms with E-state index in [0.29, 0.717) is 23.9 Å². The molecule has 0 aliphatic carbocycles. The van der Waals surface area contributed by atoms with Crippen molar-refractivity contribution in [3.05, 3.63) is 39.9 Å². The molecule has 6 heteroatoms. The van der Waals surface area contributed by atoms with Crippen molar-refractivity contribution in [1.29, 1.82) is 0 Å². The summed E-state index contributed by atoms with van der Waals surface area (Å²) in [6, 6.07) is 6.36. The van der Waals surface area contributed by atoms with Gasteiger partial charge in [-0.15, -0.1) is 0 Å². The Balaban J connectivity index is 2.37. The second-order valence-corrected chi connectivity index (χ2v) is 4.03. The number of aryl methyl sites for hydroxylation is 1. The molecule has 17 heavy (non-hydrogen) atoms. The number of halogens is 1. The van der Waals surface area contributed by atoms with Crippen LogP contribution in [0.2, 0.25) is 0 Å². The number of non-ortho nitro benzene ring substituents is 1. The third-order valence-electron chi connectivity index (χ3n) is 2.21. The van der Waals surface area contributed by atoms with E-state index in [1.165, 1.54) is 12.1 Å². The largest absolute Gasteiger partial charge is 0.455 e.